The van der Waals surface area contributed by atoms with E-state index in [9.17, 15) is 8.78 Å². The lowest BCUT2D eigenvalue weighted by molar-refractivity contribution is -0.0885. The second-order valence-corrected chi connectivity index (χ2v) is 10.9. The first-order valence-electron chi connectivity index (χ1n) is 13.9. The van der Waals surface area contributed by atoms with Crippen molar-refractivity contribution in [3.63, 3.8) is 0 Å². The van der Waals surface area contributed by atoms with E-state index >= 15 is 0 Å². The van der Waals surface area contributed by atoms with E-state index in [-0.39, 0.29) is 17.8 Å². The van der Waals surface area contributed by atoms with Crippen molar-refractivity contribution < 1.29 is 23.0 Å². The van der Waals surface area contributed by atoms with Crippen molar-refractivity contribution >= 4 is 0 Å². The van der Waals surface area contributed by atoms with Crippen LogP contribution in [0.4, 0.5) is 8.78 Å². The number of rotatable bonds is 9. The van der Waals surface area contributed by atoms with Crippen molar-refractivity contribution in [3.8, 4) is 5.75 Å². The lowest BCUT2D eigenvalue weighted by Crippen LogP contribution is -2.33. The highest BCUT2D eigenvalue weighted by Gasteiger charge is 2.33. The highest BCUT2D eigenvalue weighted by atomic mass is 19.2. The molecule has 2 unspecified atom stereocenters. The molecule has 0 N–H and O–H groups in total. The molecule has 4 rings (SSSR count). The predicted octanol–water partition coefficient (Wildman–Crippen LogP) is 7.81. The van der Waals surface area contributed by atoms with E-state index in [1.807, 2.05) is 0 Å². The molecule has 34 heavy (non-hydrogen) atoms. The molecule has 1 heterocycles. The Morgan fingerprint density at radius 3 is 2.18 bits per heavy atom. The summed E-state index contributed by atoms with van der Waals surface area (Å²) in [7, 11) is 0. The molecular formula is C29H44F2O3. The standard InChI is InChI=1S/C29H44F2O3/c1-3-5-20-6-13-25(33-18-20)19-34-24-14-11-22(12-15-24)21-7-9-23(10-8-21)26-16-17-27(32-4-2)29(31)28(26)30/h16-17,20-25H,3-15,18-19H2,1-2H3. The summed E-state index contributed by atoms with van der Waals surface area (Å²) >= 11 is 0. The fourth-order valence-corrected chi connectivity index (χ4v) is 6.63. The van der Waals surface area contributed by atoms with Crippen LogP contribution in [-0.2, 0) is 9.47 Å². The molecule has 1 aromatic carbocycles. The van der Waals surface area contributed by atoms with Crippen molar-refractivity contribution in [1.82, 2.24) is 0 Å². The summed E-state index contributed by atoms with van der Waals surface area (Å²) in [5.74, 6) is 0.805. The zero-order valence-electron chi connectivity index (χ0n) is 21.2. The molecule has 0 radical (unpaired) electrons. The first-order chi connectivity index (χ1) is 16.6. The highest BCUT2D eigenvalue weighted by Crippen LogP contribution is 2.44. The van der Waals surface area contributed by atoms with E-state index in [0.29, 0.717) is 24.2 Å². The van der Waals surface area contributed by atoms with E-state index in [4.69, 9.17) is 14.2 Å². The van der Waals surface area contributed by atoms with Gasteiger partial charge in [0.05, 0.1) is 25.4 Å². The molecule has 2 atom stereocenters. The van der Waals surface area contributed by atoms with E-state index in [1.54, 1.807) is 19.1 Å². The van der Waals surface area contributed by atoms with Gasteiger partial charge in [-0.25, -0.2) is 4.39 Å². The van der Waals surface area contributed by atoms with Gasteiger partial charge in [-0.2, -0.15) is 4.39 Å². The van der Waals surface area contributed by atoms with Crippen molar-refractivity contribution in [3.05, 3.63) is 29.3 Å². The molecular weight excluding hydrogens is 434 g/mol. The number of hydrogen-bond acceptors (Lipinski definition) is 3. The number of halogens is 2. The minimum atomic E-state index is -0.834. The van der Waals surface area contributed by atoms with E-state index in [2.05, 4.69) is 6.92 Å². The molecule has 1 saturated heterocycles. The van der Waals surface area contributed by atoms with Gasteiger partial charge >= 0.3 is 0 Å². The third-order valence-electron chi connectivity index (χ3n) is 8.65. The quantitative estimate of drug-likeness (QED) is 0.362. The lowest BCUT2D eigenvalue weighted by Gasteiger charge is -2.38. The van der Waals surface area contributed by atoms with Gasteiger partial charge in [0.2, 0.25) is 5.82 Å². The molecule has 1 aromatic rings. The average Bonchev–Trinajstić information content (AvgIpc) is 2.87. The maximum Gasteiger partial charge on any atom is 0.200 e. The Labute approximate surface area is 204 Å². The van der Waals surface area contributed by atoms with Gasteiger partial charge in [-0.15, -0.1) is 0 Å². The molecule has 0 aromatic heterocycles. The van der Waals surface area contributed by atoms with Gasteiger partial charge in [0, 0.05) is 6.61 Å². The molecule has 2 aliphatic carbocycles. The summed E-state index contributed by atoms with van der Waals surface area (Å²) in [5.41, 5.74) is 0.530. The fourth-order valence-electron chi connectivity index (χ4n) is 6.63. The zero-order valence-corrected chi connectivity index (χ0v) is 21.2. The normalized spacial score (nSPS) is 32.5. The SMILES string of the molecule is CCCC1CCC(COC2CCC(C3CCC(c4ccc(OCC)c(F)c4F)CC3)CC2)OC1. The Balaban J connectivity index is 1.17. The van der Waals surface area contributed by atoms with Gasteiger partial charge in [0.25, 0.3) is 0 Å². The van der Waals surface area contributed by atoms with Gasteiger partial charge < -0.3 is 14.2 Å². The summed E-state index contributed by atoms with van der Waals surface area (Å²) in [5, 5.41) is 0. The van der Waals surface area contributed by atoms with E-state index < -0.39 is 11.6 Å². The Kier molecular flexibility index (Phi) is 9.64. The molecule has 3 aliphatic rings. The molecule has 0 spiro atoms. The number of hydrogen-bond donors (Lipinski definition) is 0. The molecule has 1 aliphatic heterocycles. The predicted molar refractivity (Wildman–Crippen MR) is 131 cm³/mol. The van der Waals surface area contributed by atoms with Crippen LogP contribution in [-0.4, -0.2) is 32.0 Å². The molecule has 3 nitrogen and oxygen atoms in total. The molecule has 2 saturated carbocycles. The Hall–Kier alpha value is -1.20. The summed E-state index contributed by atoms with van der Waals surface area (Å²) < 4.78 is 46.5. The van der Waals surface area contributed by atoms with Crippen molar-refractivity contribution in [2.24, 2.45) is 17.8 Å². The highest BCUT2D eigenvalue weighted by molar-refractivity contribution is 5.33. The molecule has 3 fully saturated rings. The third kappa shape index (κ3) is 6.51. The van der Waals surface area contributed by atoms with Crippen molar-refractivity contribution in [2.45, 2.75) is 109 Å². The fraction of sp³-hybridized carbons (Fsp3) is 0.793. The van der Waals surface area contributed by atoms with Crippen LogP contribution in [0.25, 0.3) is 0 Å². The number of ether oxygens (including phenoxy) is 3. The third-order valence-corrected chi connectivity index (χ3v) is 8.65. The van der Waals surface area contributed by atoms with Gasteiger partial charge in [0.15, 0.2) is 11.6 Å². The second kappa shape index (κ2) is 12.7. The molecule has 0 bridgehead atoms. The van der Waals surface area contributed by atoms with E-state index in [0.717, 1.165) is 70.0 Å². The largest absolute Gasteiger partial charge is 0.491 e. The minimum absolute atomic E-state index is 0.0205. The van der Waals surface area contributed by atoms with Gasteiger partial charge in [0.1, 0.15) is 0 Å². The van der Waals surface area contributed by atoms with Crippen molar-refractivity contribution in [1.29, 1.82) is 0 Å². The topological polar surface area (TPSA) is 27.7 Å². The van der Waals surface area contributed by atoms with Gasteiger partial charge in [-0.3, -0.25) is 0 Å². The summed E-state index contributed by atoms with van der Waals surface area (Å²) in [6.45, 7) is 6.02. The zero-order chi connectivity index (χ0) is 23.9. The first-order valence-corrected chi connectivity index (χ1v) is 13.9. The van der Waals surface area contributed by atoms with E-state index in [1.165, 1.54) is 32.1 Å². The van der Waals surface area contributed by atoms with Crippen LogP contribution in [0.5, 0.6) is 5.75 Å². The van der Waals surface area contributed by atoms with Crippen LogP contribution in [0.1, 0.15) is 102 Å². The van der Waals surface area contributed by atoms with Crippen LogP contribution in [0.3, 0.4) is 0 Å². The Morgan fingerprint density at radius 1 is 0.853 bits per heavy atom. The maximum absolute atomic E-state index is 14.6. The smallest absolute Gasteiger partial charge is 0.200 e. The lowest BCUT2D eigenvalue weighted by atomic mass is 9.69. The van der Waals surface area contributed by atoms with Crippen LogP contribution in [0, 0.1) is 29.4 Å². The van der Waals surface area contributed by atoms with Crippen molar-refractivity contribution in [2.75, 3.05) is 19.8 Å². The van der Waals surface area contributed by atoms with Crippen LogP contribution in [0.15, 0.2) is 12.1 Å². The molecule has 5 heteroatoms. The molecule has 0 amide bonds. The second-order valence-electron chi connectivity index (χ2n) is 10.9. The molecule has 192 valence electrons. The van der Waals surface area contributed by atoms with Crippen LogP contribution < -0.4 is 4.74 Å². The summed E-state index contributed by atoms with van der Waals surface area (Å²) in [6.07, 6.45) is 14.5. The van der Waals surface area contributed by atoms with Gasteiger partial charge in [-0.1, -0.05) is 19.4 Å². The number of benzene rings is 1. The Morgan fingerprint density at radius 2 is 1.56 bits per heavy atom. The van der Waals surface area contributed by atoms with Gasteiger partial charge in [-0.05, 0) is 113 Å². The van der Waals surface area contributed by atoms with Crippen LogP contribution in [0.2, 0.25) is 0 Å². The summed E-state index contributed by atoms with van der Waals surface area (Å²) in [4.78, 5) is 0. The Bertz CT molecular complexity index is 746. The monoisotopic (exact) mass is 478 g/mol. The maximum atomic E-state index is 14.6. The minimum Gasteiger partial charge on any atom is -0.491 e. The first kappa shape index (κ1) is 25.9. The van der Waals surface area contributed by atoms with Crippen LogP contribution >= 0.6 is 0 Å². The summed E-state index contributed by atoms with van der Waals surface area (Å²) in [6, 6.07) is 3.32. The average molecular weight is 479 g/mol.